The van der Waals surface area contributed by atoms with Crippen LogP contribution in [-0.2, 0) is 14.4 Å². The number of carboxylic acids is 1. The van der Waals surface area contributed by atoms with Crippen LogP contribution in [0.15, 0.2) is 78.9 Å². The molecule has 8 nitrogen and oxygen atoms in total. The average Bonchev–Trinajstić information content (AvgIpc) is 3.41. The summed E-state index contributed by atoms with van der Waals surface area (Å²) in [6.07, 6.45) is 0.872. The fraction of sp³-hybridized carbons (Fsp3) is 0.250. The third-order valence-electron chi connectivity index (χ3n) is 6.50. The second-order valence-corrected chi connectivity index (χ2v) is 8.76. The van der Waals surface area contributed by atoms with Crippen molar-refractivity contribution in [1.29, 1.82) is 0 Å². The molecule has 2 aliphatic rings. The number of hydroxylamine groups is 1. The van der Waals surface area contributed by atoms with Crippen molar-refractivity contribution in [2.75, 3.05) is 16.6 Å². The van der Waals surface area contributed by atoms with Crippen LogP contribution in [0.4, 0.5) is 11.4 Å². The summed E-state index contributed by atoms with van der Waals surface area (Å²) in [5, 5.41) is 11.3. The van der Waals surface area contributed by atoms with Gasteiger partial charge in [-0.3, -0.25) is 14.4 Å². The lowest BCUT2D eigenvalue weighted by Gasteiger charge is -2.29. The predicted octanol–water partition coefficient (Wildman–Crippen LogP) is 4.61. The second-order valence-electron chi connectivity index (χ2n) is 8.76. The first-order valence-electron chi connectivity index (χ1n) is 11.9. The van der Waals surface area contributed by atoms with Gasteiger partial charge >= 0.3 is 5.97 Å². The lowest BCUT2D eigenvalue weighted by molar-refractivity contribution is -0.126. The van der Waals surface area contributed by atoms with E-state index in [0.717, 1.165) is 17.7 Å². The summed E-state index contributed by atoms with van der Waals surface area (Å²) in [4.78, 5) is 46.5. The molecule has 5 rings (SSSR count). The summed E-state index contributed by atoms with van der Waals surface area (Å²) in [7, 11) is 0. The van der Waals surface area contributed by atoms with Gasteiger partial charge in [0.25, 0.3) is 5.91 Å². The zero-order chi connectivity index (χ0) is 25.2. The molecule has 36 heavy (non-hydrogen) atoms. The number of aromatic carboxylic acids is 1. The number of rotatable bonds is 8. The molecule has 2 heterocycles. The standard InChI is InChI=1S/C28H26N2O6/c1-2-3-17-35-20-15-13-18(14-16-20)29-26(31)23-24(21-11-7-8-12-22(21)28(33)34)30(36-25(23)27(29)32)19-9-5-4-6-10-19/h4-16,23-25H,2-3,17H2,1H3,(H,33,34)/t23-,24-,25+/m1/s1. The molecular formula is C28H26N2O6. The summed E-state index contributed by atoms with van der Waals surface area (Å²) in [6, 6.07) is 21.6. The van der Waals surface area contributed by atoms with E-state index in [1.165, 1.54) is 11.1 Å². The Morgan fingerprint density at radius 2 is 1.61 bits per heavy atom. The largest absolute Gasteiger partial charge is 0.494 e. The Kier molecular flexibility index (Phi) is 6.43. The number of unbranched alkanes of at least 4 members (excludes halogenated alkanes) is 1. The summed E-state index contributed by atoms with van der Waals surface area (Å²) < 4.78 is 5.69. The van der Waals surface area contributed by atoms with Gasteiger partial charge in [-0.05, 0) is 54.4 Å². The third kappa shape index (κ3) is 4.09. The van der Waals surface area contributed by atoms with Gasteiger partial charge in [0.15, 0.2) is 6.10 Å². The van der Waals surface area contributed by atoms with Crippen LogP contribution < -0.4 is 14.7 Å². The smallest absolute Gasteiger partial charge is 0.336 e. The number of ether oxygens (including phenoxy) is 1. The predicted molar refractivity (Wildman–Crippen MR) is 133 cm³/mol. The molecule has 3 aromatic carbocycles. The van der Waals surface area contributed by atoms with Gasteiger partial charge in [0.2, 0.25) is 5.91 Å². The average molecular weight is 487 g/mol. The molecular weight excluding hydrogens is 460 g/mol. The molecule has 0 aliphatic carbocycles. The number of fused-ring (bicyclic) bond motifs is 1. The number of hydrogen-bond acceptors (Lipinski definition) is 6. The monoisotopic (exact) mass is 486 g/mol. The van der Waals surface area contributed by atoms with E-state index in [9.17, 15) is 19.5 Å². The maximum atomic E-state index is 13.8. The topological polar surface area (TPSA) is 96.4 Å². The van der Waals surface area contributed by atoms with Crippen molar-refractivity contribution < 1.29 is 29.1 Å². The van der Waals surface area contributed by atoms with Crippen molar-refractivity contribution in [3.8, 4) is 5.75 Å². The molecule has 0 saturated carbocycles. The minimum atomic E-state index is -1.12. The first kappa shape index (κ1) is 23.6. The van der Waals surface area contributed by atoms with Crippen molar-refractivity contribution in [3.63, 3.8) is 0 Å². The van der Waals surface area contributed by atoms with Gasteiger partial charge in [0, 0.05) is 0 Å². The Bertz CT molecular complexity index is 1280. The van der Waals surface area contributed by atoms with Crippen molar-refractivity contribution in [1.82, 2.24) is 0 Å². The Morgan fingerprint density at radius 3 is 2.31 bits per heavy atom. The highest BCUT2D eigenvalue weighted by Crippen LogP contribution is 2.48. The lowest BCUT2D eigenvalue weighted by Crippen LogP contribution is -2.37. The van der Waals surface area contributed by atoms with Gasteiger partial charge in [0.1, 0.15) is 11.7 Å². The number of benzene rings is 3. The highest BCUT2D eigenvalue weighted by molar-refractivity contribution is 6.24. The van der Waals surface area contributed by atoms with E-state index in [-0.39, 0.29) is 5.56 Å². The Labute approximate surface area is 208 Å². The van der Waals surface area contributed by atoms with Crippen molar-refractivity contribution >= 4 is 29.2 Å². The van der Waals surface area contributed by atoms with Crippen molar-refractivity contribution in [3.05, 3.63) is 90.0 Å². The van der Waals surface area contributed by atoms with Gasteiger partial charge < -0.3 is 9.84 Å². The Balaban J connectivity index is 1.51. The van der Waals surface area contributed by atoms with Gasteiger partial charge in [-0.15, -0.1) is 0 Å². The lowest BCUT2D eigenvalue weighted by atomic mass is 9.88. The van der Waals surface area contributed by atoms with Gasteiger partial charge in [0.05, 0.1) is 29.6 Å². The van der Waals surface area contributed by atoms with Crippen molar-refractivity contribution in [2.24, 2.45) is 5.92 Å². The second kappa shape index (κ2) is 9.83. The molecule has 2 fully saturated rings. The molecule has 1 N–H and O–H groups in total. The number of nitrogens with zero attached hydrogens (tertiary/aromatic N) is 2. The van der Waals surface area contributed by atoms with E-state index in [0.29, 0.717) is 29.3 Å². The van der Waals surface area contributed by atoms with Crippen LogP contribution in [-0.4, -0.2) is 35.6 Å². The van der Waals surface area contributed by atoms with Gasteiger partial charge in [-0.2, -0.15) is 0 Å². The first-order valence-corrected chi connectivity index (χ1v) is 11.9. The highest BCUT2D eigenvalue weighted by atomic mass is 16.7. The molecule has 2 aliphatic heterocycles. The molecule has 8 heteroatoms. The van der Waals surface area contributed by atoms with Crippen LogP contribution in [0.2, 0.25) is 0 Å². The van der Waals surface area contributed by atoms with Crippen LogP contribution in [0.25, 0.3) is 0 Å². The Hall–Kier alpha value is -4.17. The SMILES string of the molecule is CCCCOc1ccc(N2C(=O)[C@H]3[C@H](ON(c4ccccc4)[C@@H]3c3ccccc3C(=O)O)C2=O)cc1. The number of carbonyl (C=O) groups excluding carboxylic acids is 2. The van der Waals surface area contributed by atoms with Crippen LogP contribution >= 0.6 is 0 Å². The molecule has 3 atom stereocenters. The summed E-state index contributed by atoms with van der Waals surface area (Å²) in [5.74, 6) is -2.30. The minimum Gasteiger partial charge on any atom is -0.494 e. The number of hydrogen-bond donors (Lipinski definition) is 1. The van der Waals surface area contributed by atoms with Gasteiger partial charge in [-0.1, -0.05) is 49.7 Å². The number of imide groups is 1. The molecule has 0 aromatic heterocycles. The maximum absolute atomic E-state index is 13.8. The molecule has 3 aromatic rings. The van der Waals surface area contributed by atoms with Crippen LogP contribution in [0.3, 0.4) is 0 Å². The van der Waals surface area contributed by atoms with Crippen LogP contribution in [0.5, 0.6) is 5.75 Å². The quantitative estimate of drug-likeness (QED) is 0.367. The van der Waals surface area contributed by atoms with E-state index in [4.69, 9.17) is 9.57 Å². The molecule has 0 bridgehead atoms. The number of para-hydroxylation sites is 1. The van der Waals surface area contributed by atoms with E-state index >= 15 is 0 Å². The minimum absolute atomic E-state index is 0.0555. The number of carbonyl (C=O) groups is 3. The summed E-state index contributed by atoms with van der Waals surface area (Å²) >= 11 is 0. The highest BCUT2D eigenvalue weighted by Gasteiger charge is 2.60. The molecule has 2 amide bonds. The maximum Gasteiger partial charge on any atom is 0.336 e. The molecule has 184 valence electrons. The van der Waals surface area contributed by atoms with E-state index in [1.54, 1.807) is 54.6 Å². The number of amides is 2. The van der Waals surface area contributed by atoms with E-state index in [2.05, 4.69) is 6.92 Å². The van der Waals surface area contributed by atoms with Crippen molar-refractivity contribution in [2.45, 2.75) is 31.9 Å². The third-order valence-corrected chi connectivity index (χ3v) is 6.50. The normalized spacial score (nSPS) is 21.1. The van der Waals surface area contributed by atoms with E-state index < -0.39 is 35.8 Å². The fourth-order valence-electron chi connectivity index (χ4n) is 4.76. The fourth-order valence-corrected chi connectivity index (χ4v) is 4.76. The number of carboxylic acid groups (broad SMARTS) is 1. The number of anilines is 2. The first-order chi connectivity index (χ1) is 17.5. The summed E-state index contributed by atoms with van der Waals surface area (Å²) in [5.41, 5.74) is 1.50. The summed E-state index contributed by atoms with van der Waals surface area (Å²) in [6.45, 7) is 2.67. The molecule has 2 saturated heterocycles. The van der Waals surface area contributed by atoms with Crippen LogP contribution in [0.1, 0.15) is 41.7 Å². The van der Waals surface area contributed by atoms with E-state index in [1.807, 2.05) is 18.2 Å². The molecule has 0 spiro atoms. The zero-order valence-corrected chi connectivity index (χ0v) is 19.7. The zero-order valence-electron chi connectivity index (χ0n) is 19.7. The van der Waals surface area contributed by atoms with Crippen LogP contribution in [0, 0.1) is 5.92 Å². The Morgan fingerprint density at radius 1 is 0.917 bits per heavy atom. The molecule has 0 unspecified atom stereocenters. The molecule has 0 radical (unpaired) electrons. The van der Waals surface area contributed by atoms with Gasteiger partial charge in [-0.25, -0.2) is 14.8 Å².